The molecule has 35 valence electrons. The Labute approximate surface area is 49.2 Å². The Morgan fingerprint density at radius 2 is 1.00 bits per heavy atom. The minimum atomic E-state index is -4.61. The van der Waals surface area contributed by atoms with E-state index in [-0.39, 0.29) is 20.3 Å². The summed E-state index contributed by atoms with van der Waals surface area (Å²) in [5, 5.41) is 0. The first-order valence-electron chi connectivity index (χ1n) is 0.894. The Bertz CT molecular complexity index is 27.2. The molecule has 0 aromatic heterocycles. The predicted octanol–water partition coefficient (Wildman–Crippen LogP) is -3.14. The van der Waals surface area contributed by atoms with Crippen molar-refractivity contribution in [2.24, 2.45) is 0 Å². The van der Waals surface area contributed by atoms with Crippen LogP contribution in [0.15, 0.2) is 0 Å². The summed E-state index contributed by atoms with van der Waals surface area (Å²) in [5.41, 5.74) is 0. The van der Waals surface area contributed by atoms with Gasteiger partial charge in [0.25, 0.3) is 0 Å². The predicted molar refractivity (Wildman–Crippen MR) is 22.9 cm³/mol. The fourth-order valence-electron chi connectivity index (χ4n) is 0. The Morgan fingerprint density at radius 1 is 1.00 bits per heavy atom. The molecule has 0 saturated carbocycles. The van der Waals surface area contributed by atoms with E-state index in [1.54, 1.807) is 0 Å². The third-order valence-corrected chi connectivity index (χ3v) is 0. The van der Waals surface area contributed by atoms with Gasteiger partial charge in [-0.05, 0) is 0 Å². The van der Waals surface area contributed by atoms with Crippen LogP contribution in [-0.2, 0) is 0 Å². The molecule has 0 atom stereocenters. The molecule has 0 unspecified atom stereocenters. The van der Waals surface area contributed by atoms with Gasteiger partial charge >= 0.3 is 27.9 Å². The second-order valence-corrected chi connectivity index (χ2v) is 1.80. The summed E-state index contributed by atoms with van der Waals surface area (Å²) in [6.07, 6.45) is 0. The van der Waals surface area contributed by atoms with Crippen molar-refractivity contribution in [2.75, 3.05) is 0 Å². The molecule has 0 spiro atoms. The van der Waals surface area contributed by atoms with Gasteiger partial charge in [-0.1, -0.05) is 0 Å². The van der Waals surface area contributed by atoms with Crippen LogP contribution in [0.2, 0.25) is 0 Å². The Hall–Kier alpha value is 0.654. The molecule has 6 heavy (non-hydrogen) atoms. The van der Waals surface area contributed by atoms with E-state index in [4.69, 9.17) is 19.2 Å². The monoisotopic (exact) mass is 107 g/mol. The van der Waals surface area contributed by atoms with Gasteiger partial charge in [-0.2, -0.15) is 0 Å². The molecular formula is H6LiO4Si. The van der Waals surface area contributed by atoms with Crippen LogP contribution in [0.5, 0.6) is 0 Å². The van der Waals surface area contributed by atoms with Crippen molar-refractivity contribution in [1.82, 2.24) is 0 Å². The number of hydrogen-bond acceptors (Lipinski definition) is 4. The van der Waals surface area contributed by atoms with E-state index in [9.17, 15) is 0 Å². The molecule has 0 aromatic rings. The fourth-order valence-corrected chi connectivity index (χ4v) is 0. The van der Waals surface area contributed by atoms with E-state index >= 15 is 0 Å². The van der Waals surface area contributed by atoms with E-state index < -0.39 is 9.05 Å². The molecule has 0 amide bonds. The standard InChI is InChI=1S/Li.H4O4Si.2H/c;1-5(2,3)4;;/h;1-4H;;/i;;1+2;. The van der Waals surface area contributed by atoms with Crippen LogP contribution < -0.4 is 0 Å². The second-order valence-electron chi connectivity index (χ2n) is 0.600. The van der Waals surface area contributed by atoms with Crippen LogP contribution in [0.25, 0.3) is 0 Å². The van der Waals surface area contributed by atoms with E-state index in [1.165, 1.54) is 0 Å². The first kappa shape index (κ1) is 9.82. The second kappa shape index (κ2) is 2.77. The van der Waals surface area contributed by atoms with Gasteiger partial charge in [0, 0.05) is 1.43 Å². The molecular weight excluding hydrogens is 99.0 g/mol. The van der Waals surface area contributed by atoms with Crippen molar-refractivity contribution in [3.63, 3.8) is 0 Å². The third-order valence-electron chi connectivity index (χ3n) is 0. The Balaban J connectivity index is -0.0000000800. The molecule has 0 aliphatic carbocycles. The van der Waals surface area contributed by atoms with E-state index in [2.05, 4.69) is 0 Å². The van der Waals surface area contributed by atoms with E-state index in [1.807, 2.05) is 0 Å². The summed E-state index contributed by atoms with van der Waals surface area (Å²) in [6.45, 7) is 0. The Kier molecular flexibility index (Phi) is 4.53. The van der Waals surface area contributed by atoms with E-state index in [0.29, 0.717) is 0 Å². The minimum absolute atomic E-state index is 0. The van der Waals surface area contributed by atoms with Gasteiger partial charge in [0.2, 0.25) is 0 Å². The van der Waals surface area contributed by atoms with Crippen molar-refractivity contribution in [3.8, 4) is 0 Å². The van der Waals surface area contributed by atoms with Crippen molar-refractivity contribution >= 4 is 27.9 Å². The fraction of sp³-hybridized carbons (Fsp3) is 0. The molecule has 0 bridgehead atoms. The molecule has 0 heterocycles. The number of rotatable bonds is 0. The zero-order chi connectivity index (χ0) is 4.50. The van der Waals surface area contributed by atoms with Crippen LogP contribution in [0.4, 0.5) is 0 Å². The van der Waals surface area contributed by atoms with Crippen molar-refractivity contribution in [2.45, 2.75) is 0 Å². The molecule has 0 saturated heterocycles. The molecule has 0 fully saturated rings. The molecule has 0 rings (SSSR count). The van der Waals surface area contributed by atoms with Gasteiger partial charge in [0.15, 0.2) is 0 Å². The maximum atomic E-state index is 7.33. The van der Waals surface area contributed by atoms with Crippen LogP contribution in [0, 0.1) is 0 Å². The molecule has 6 heteroatoms. The summed E-state index contributed by atoms with van der Waals surface area (Å²) in [5.74, 6) is 0. The quantitative estimate of drug-likeness (QED) is 0.246. The normalized spacial score (nSPS) is 10.0. The van der Waals surface area contributed by atoms with Gasteiger partial charge in [0.1, 0.15) is 0 Å². The van der Waals surface area contributed by atoms with E-state index in [0.717, 1.165) is 0 Å². The first-order chi connectivity index (χ1) is 2.00. The van der Waals surface area contributed by atoms with Crippen LogP contribution in [0.1, 0.15) is 1.43 Å². The topological polar surface area (TPSA) is 80.9 Å². The molecule has 4 nitrogen and oxygen atoms in total. The molecule has 1 radical (unpaired) electrons. The van der Waals surface area contributed by atoms with Crippen LogP contribution >= 0.6 is 0 Å². The summed E-state index contributed by atoms with van der Waals surface area (Å²) >= 11 is 0. The average molecular weight is 107 g/mol. The van der Waals surface area contributed by atoms with Crippen LogP contribution in [-0.4, -0.2) is 47.1 Å². The first-order valence-corrected chi connectivity index (χ1v) is 2.68. The van der Waals surface area contributed by atoms with Gasteiger partial charge in [-0.3, -0.25) is 0 Å². The Morgan fingerprint density at radius 3 is 1.00 bits per heavy atom. The average Bonchev–Trinajstić information content (AvgIpc) is 0.722. The van der Waals surface area contributed by atoms with Gasteiger partial charge in [-0.15, -0.1) is 0 Å². The zero-order valence-electron chi connectivity index (χ0n) is 3.29. The summed E-state index contributed by atoms with van der Waals surface area (Å²) < 4.78 is 0. The van der Waals surface area contributed by atoms with Crippen molar-refractivity contribution in [1.29, 1.82) is 0 Å². The summed E-state index contributed by atoms with van der Waals surface area (Å²) in [6, 6.07) is 0. The SMILES string of the molecule is O[Si](O)(O)O.[3H].[LiH]. The number of hydrogen-bond donors (Lipinski definition) is 4. The van der Waals surface area contributed by atoms with Gasteiger partial charge in [0.05, 0.1) is 0 Å². The van der Waals surface area contributed by atoms with Gasteiger partial charge < -0.3 is 19.2 Å². The van der Waals surface area contributed by atoms with Gasteiger partial charge in [-0.25, -0.2) is 0 Å². The zero-order valence-corrected chi connectivity index (χ0v) is 3.29. The molecule has 4 N–H and O–H groups in total. The maximum absolute atomic E-state index is 7.33. The van der Waals surface area contributed by atoms with Crippen molar-refractivity contribution < 1.29 is 20.6 Å². The van der Waals surface area contributed by atoms with Crippen molar-refractivity contribution in [3.05, 3.63) is 0 Å². The molecule has 0 aromatic carbocycles. The van der Waals surface area contributed by atoms with Crippen LogP contribution in [0.3, 0.4) is 0 Å². The molecule has 0 aliphatic heterocycles. The summed E-state index contributed by atoms with van der Waals surface area (Å²) in [7, 11) is -4.61. The third kappa shape index (κ3) is 145. The molecule has 0 aliphatic rings. The summed E-state index contributed by atoms with van der Waals surface area (Å²) in [4.78, 5) is 29.3.